The van der Waals surface area contributed by atoms with Gasteiger partial charge in [-0.2, -0.15) is 0 Å². The lowest BCUT2D eigenvalue weighted by molar-refractivity contribution is -0.122. The van der Waals surface area contributed by atoms with Crippen molar-refractivity contribution >= 4 is 20.1 Å². The van der Waals surface area contributed by atoms with Crippen LogP contribution in [0.4, 0.5) is 0 Å². The van der Waals surface area contributed by atoms with Crippen LogP contribution in [0.25, 0.3) is 0 Å². The molecule has 2 amide bonds. The Morgan fingerprint density at radius 3 is 2.04 bits per heavy atom. The molecule has 0 aliphatic carbocycles. The predicted octanol–water partition coefficient (Wildman–Crippen LogP) is 3.21. The smallest absolute Gasteiger partial charge is 0.220 e. The minimum Gasteiger partial charge on any atom is -0.417 e. The molecule has 0 bridgehead atoms. The zero-order chi connectivity index (χ0) is 17.9. The van der Waals surface area contributed by atoms with Crippen LogP contribution in [0.15, 0.2) is 0 Å². The molecule has 2 N–H and O–H groups in total. The molecule has 0 fully saturated rings. The Bertz CT molecular complexity index is 352. The van der Waals surface area contributed by atoms with Crippen molar-refractivity contribution in [2.45, 2.75) is 77.4 Å². The van der Waals surface area contributed by atoms with Crippen molar-refractivity contribution in [3.8, 4) is 0 Å². The average molecular weight is 345 g/mol. The molecule has 0 spiro atoms. The van der Waals surface area contributed by atoms with Crippen molar-refractivity contribution in [1.29, 1.82) is 0 Å². The van der Waals surface area contributed by atoms with Crippen molar-refractivity contribution in [2.75, 3.05) is 20.2 Å². The highest BCUT2D eigenvalue weighted by Gasteiger charge is 2.40. The highest BCUT2D eigenvalue weighted by Crippen LogP contribution is 2.37. The first-order valence-corrected chi connectivity index (χ1v) is 11.2. The maximum Gasteiger partial charge on any atom is 0.220 e. The fourth-order valence-corrected chi connectivity index (χ4v) is 7.70. The van der Waals surface area contributed by atoms with Gasteiger partial charge in [0.2, 0.25) is 11.8 Å². The minimum absolute atomic E-state index is 0.0147. The molecule has 0 aliphatic heterocycles. The SMILES string of the molecule is CCO[Si](CCCNC(=O)CCCC(=O)NC)(C(C)C)C(C)C. The van der Waals surface area contributed by atoms with Gasteiger partial charge in [-0.1, -0.05) is 27.7 Å². The molecule has 0 saturated heterocycles. The van der Waals surface area contributed by atoms with E-state index in [-0.39, 0.29) is 11.8 Å². The van der Waals surface area contributed by atoms with Crippen LogP contribution >= 0.6 is 0 Å². The zero-order valence-electron chi connectivity index (χ0n) is 15.8. The van der Waals surface area contributed by atoms with E-state index in [0.717, 1.165) is 19.1 Å². The normalized spacial score (nSPS) is 11.8. The maximum atomic E-state index is 11.8. The van der Waals surface area contributed by atoms with E-state index < -0.39 is 8.32 Å². The van der Waals surface area contributed by atoms with Gasteiger partial charge in [-0.25, -0.2) is 0 Å². The Balaban J connectivity index is 4.15. The summed E-state index contributed by atoms with van der Waals surface area (Å²) >= 11 is 0. The molecule has 0 saturated carbocycles. The highest BCUT2D eigenvalue weighted by molar-refractivity contribution is 6.76. The van der Waals surface area contributed by atoms with E-state index in [1.807, 2.05) is 0 Å². The zero-order valence-corrected chi connectivity index (χ0v) is 16.8. The number of carbonyl (C=O) groups is 2. The largest absolute Gasteiger partial charge is 0.417 e. The lowest BCUT2D eigenvalue weighted by Crippen LogP contribution is -2.45. The highest BCUT2D eigenvalue weighted by atomic mass is 28.4. The molecule has 0 aromatic carbocycles. The molecule has 0 atom stereocenters. The summed E-state index contributed by atoms with van der Waals surface area (Å²) in [6, 6.07) is 1.08. The summed E-state index contributed by atoms with van der Waals surface area (Å²) in [5.74, 6) is 0.0193. The first-order chi connectivity index (χ1) is 10.8. The Labute approximate surface area is 143 Å². The summed E-state index contributed by atoms with van der Waals surface area (Å²) < 4.78 is 6.24. The molecule has 0 rings (SSSR count). The van der Waals surface area contributed by atoms with Crippen molar-refractivity contribution in [3.63, 3.8) is 0 Å². The number of amides is 2. The Kier molecular flexibility index (Phi) is 11.2. The standard InChI is InChI=1S/C17H36N2O3Si/c1-7-22-23(14(2)3,15(4)5)13-9-12-19-17(21)11-8-10-16(20)18-6/h14-15H,7-13H2,1-6H3,(H,18,20)(H,19,21). The second-order valence-electron chi connectivity index (χ2n) is 6.68. The molecule has 136 valence electrons. The number of hydrogen-bond donors (Lipinski definition) is 2. The maximum absolute atomic E-state index is 11.8. The van der Waals surface area contributed by atoms with Crippen molar-refractivity contribution in [3.05, 3.63) is 0 Å². The van der Waals surface area contributed by atoms with Crippen LogP contribution in [0.5, 0.6) is 0 Å². The third kappa shape index (κ3) is 7.97. The van der Waals surface area contributed by atoms with Gasteiger partial charge in [0.25, 0.3) is 0 Å². The summed E-state index contributed by atoms with van der Waals surface area (Å²) in [7, 11) is -0.160. The van der Waals surface area contributed by atoms with Gasteiger partial charge in [-0.3, -0.25) is 9.59 Å². The summed E-state index contributed by atoms with van der Waals surface area (Å²) in [6.07, 6.45) is 2.38. The van der Waals surface area contributed by atoms with Gasteiger partial charge in [0.15, 0.2) is 8.32 Å². The van der Waals surface area contributed by atoms with E-state index in [9.17, 15) is 9.59 Å². The third-order valence-corrected chi connectivity index (χ3v) is 10.4. The fraction of sp³-hybridized carbons (Fsp3) is 0.882. The topological polar surface area (TPSA) is 67.4 Å². The molecule has 6 heteroatoms. The van der Waals surface area contributed by atoms with Crippen LogP contribution in [-0.2, 0) is 14.0 Å². The lowest BCUT2D eigenvalue weighted by Gasteiger charge is -2.38. The predicted molar refractivity (Wildman–Crippen MR) is 97.9 cm³/mol. The summed E-state index contributed by atoms with van der Waals surface area (Å²) in [5, 5.41) is 5.52. The molecule has 0 radical (unpaired) electrons. The van der Waals surface area contributed by atoms with Crippen LogP contribution in [0, 0.1) is 0 Å². The first-order valence-electron chi connectivity index (χ1n) is 8.91. The molecule has 0 aliphatic rings. The summed E-state index contributed by atoms with van der Waals surface area (Å²) in [6.45, 7) is 12.6. The molecular weight excluding hydrogens is 308 g/mol. The molecule has 5 nitrogen and oxygen atoms in total. The Morgan fingerprint density at radius 1 is 1.00 bits per heavy atom. The van der Waals surface area contributed by atoms with Crippen molar-refractivity contribution in [2.24, 2.45) is 0 Å². The van der Waals surface area contributed by atoms with E-state index in [2.05, 4.69) is 45.3 Å². The summed E-state index contributed by atoms with van der Waals surface area (Å²) in [4.78, 5) is 22.9. The molecule has 23 heavy (non-hydrogen) atoms. The average Bonchev–Trinajstić information content (AvgIpc) is 2.49. The van der Waals surface area contributed by atoms with Gasteiger partial charge in [-0.15, -0.1) is 0 Å². The van der Waals surface area contributed by atoms with Crippen LogP contribution < -0.4 is 10.6 Å². The lowest BCUT2D eigenvalue weighted by atomic mass is 10.2. The molecule has 0 unspecified atom stereocenters. The van der Waals surface area contributed by atoms with E-state index in [1.165, 1.54) is 0 Å². The van der Waals surface area contributed by atoms with Crippen LogP contribution in [0.3, 0.4) is 0 Å². The van der Waals surface area contributed by atoms with Crippen molar-refractivity contribution < 1.29 is 14.0 Å². The van der Waals surface area contributed by atoms with Crippen molar-refractivity contribution in [1.82, 2.24) is 10.6 Å². The third-order valence-electron chi connectivity index (χ3n) is 4.52. The van der Waals surface area contributed by atoms with Crippen LogP contribution in [-0.4, -0.2) is 40.3 Å². The Hall–Kier alpha value is -0.883. The quantitative estimate of drug-likeness (QED) is 0.422. The fourth-order valence-electron chi connectivity index (χ4n) is 3.13. The number of carbonyl (C=O) groups excluding carboxylic acids is 2. The van der Waals surface area contributed by atoms with Gasteiger partial charge in [-0.05, 0) is 36.9 Å². The van der Waals surface area contributed by atoms with E-state index in [4.69, 9.17) is 4.43 Å². The van der Waals surface area contributed by atoms with Gasteiger partial charge >= 0.3 is 0 Å². The van der Waals surface area contributed by atoms with E-state index >= 15 is 0 Å². The van der Waals surface area contributed by atoms with Gasteiger partial charge in [0, 0.05) is 33.0 Å². The molecule has 0 aromatic rings. The first kappa shape index (κ1) is 22.1. The molecular formula is C17H36N2O3Si. The second-order valence-corrected chi connectivity index (χ2v) is 11.7. The van der Waals surface area contributed by atoms with Gasteiger partial charge in [0.05, 0.1) is 0 Å². The number of nitrogens with one attached hydrogen (secondary N) is 2. The van der Waals surface area contributed by atoms with Gasteiger partial charge in [0.1, 0.15) is 0 Å². The summed E-state index contributed by atoms with van der Waals surface area (Å²) in [5.41, 5.74) is 1.15. The number of rotatable bonds is 12. The Morgan fingerprint density at radius 2 is 1.57 bits per heavy atom. The van der Waals surface area contributed by atoms with E-state index in [1.54, 1.807) is 7.05 Å². The van der Waals surface area contributed by atoms with Crippen LogP contribution in [0.1, 0.15) is 60.3 Å². The second kappa shape index (κ2) is 11.6. The molecule has 0 heterocycles. The van der Waals surface area contributed by atoms with Crippen LogP contribution in [0.2, 0.25) is 17.1 Å². The monoisotopic (exact) mass is 344 g/mol. The molecule has 0 aromatic heterocycles. The minimum atomic E-state index is -1.77. The van der Waals surface area contributed by atoms with E-state index in [0.29, 0.717) is 36.9 Å². The number of hydrogen-bond acceptors (Lipinski definition) is 3. The van der Waals surface area contributed by atoms with Gasteiger partial charge < -0.3 is 15.1 Å².